The smallest absolute Gasteiger partial charge is 0.0709 e. The summed E-state index contributed by atoms with van der Waals surface area (Å²) in [4.78, 5) is 6.37. The van der Waals surface area contributed by atoms with Crippen molar-refractivity contribution in [1.82, 2.24) is 9.88 Å². The van der Waals surface area contributed by atoms with E-state index in [1.807, 2.05) is 19.2 Å². The number of ether oxygens (including phenoxy) is 1. The molecule has 0 radical (unpaired) electrons. The van der Waals surface area contributed by atoms with E-state index in [-0.39, 0.29) is 6.10 Å². The highest BCUT2D eigenvalue weighted by molar-refractivity contribution is 5.07. The molecule has 1 aromatic rings. The highest BCUT2D eigenvalue weighted by atomic mass is 16.5. The van der Waals surface area contributed by atoms with Crippen molar-refractivity contribution in [2.45, 2.75) is 26.0 Å². The van der Waals surface area contributed by atoms with E-state index in [2.05, 4.69) is 23.0 Å². The van der Waals surface area contributed by atoms with Crippen LogP contribution in [0.25, 0.3) is 0 Å². The van der Waals surface area contributed by atoms with E-state index in [0.717, 1.165) is 26.1 Å². The van der Waals surface area contributed by atoms with Crippen LogP contribution in [0.4, 0.5) is 0 Å². The number of hydrogen-bond acceptors (Lipinski definition) is 4. The Morgan fingerprint density at radius 1 is 1.53 bits per heavy atom. The third kappa shape index (κ3) is 5.77. The minimum absolute atomic E-state index is 0.177. The van der Waals surface area contributed by atoms with Gasteiger partial charge in [-0.25, -0.2) is 0 Å². The average Bonchev–Trinajstić information content (AvgIpc) is 2.35. The fourth-order valence-electron chi connectivity index (χ4n) is 1.75. The summed E-state index contributed by atoms with van der Waals surface area (Å²) in [6, 6.07) is 4.05. The molecular formula is C13H23N3O. The first kappa shape index (κ1) is 14.1. The molecule has 0 saturated carbocycles. The first-order chi connectivity index (χ1) is 8.26. The predicted octanol–water partition coefficient (Wildman–Crippen LogP) is 1.27. The lowest BCUT2D eigenvalue weighted by Gasteiger charge is -2.20. The number of pyridine rings is 1. The summed E-state index contributed by atoms with van der Waals surface area (Å²) in [5.41, 5.74) is 6.88. The van der Waals surface area contributed by atoms with E-state index in [1.54, 1.807) is 6.20 Å². The molecule has 0 fully saturated rings. The quantitative estimate of drug-likeness (QED) is 0.739. The minimum atomic E-state index is 0.177. The Labute approximate surface area is 104 Å². The number of nitrogens with two attached hydrogens (primary N) is 1. The lowest BCUT2D eigenvalue weighted by Crippen LogP contribution is -2.29. The molecule has 1 heterocycles. The molecule has 4 heteroatoms. The molecule has 0 aliphatic rings. The van der Waals surface area contributed by atoms with Crippen molar-refractivity contribution in [2.75, 3.05) is 26.7 Å². The molecule has 96 valence electrons. The van der Waals surface area contributed by atoms with Gasteiger partial charge in [0, 0.05) is 38.6 Å². The molecule has 0 aliphatic carbocycles. The Morgan fingerprint density at radius 3 is 2.94 bits per heavy atom. The van der Waals surface area contributed by atoms with Gasteiger partial charge in [-0.15, -0.1) is 0 Å². The van der Waals surface area contributed by atoms with Gasteiger partial charge in [-0.05, 0) is 32.0 Å². The summed E-state index contributed by atoms with van der Waals surface area (Å²) < 4.78 is 5.53. The van der Waals surface area contributed by atoms with Crippen LogP contribution in [-0.4, -0.2) is 42.7 Å². The average molecular weight is 237 g/mol. The van der Waals surface area contributed by atoms with Crippen molar-refractivity contribution in [2.24, 2.45) is 5.73 Å². The highest BCUT2D eigenvalue weighted by Gasteiger charge is 2.08. The van der Waals surface area contributed by atoms with E-state index in [1.165, 1.54) is 5.56 Å². The molecule has 1 atom stereocenters. The molecule has 0 amide bonds. The summed E-state index contributed by atoms with van der Waals surface area (Å²) in [6.45, 7) is 5.22. The molecule has 0 aliphatic heterocycles. The Hall–Kier alpha value is -0.970. The van der Waals surface area contributed by atoms with Crippen molar-refractivity contribution in [1.29, 1.82) is 0 Å². The van der Waals surface area contributed by atoms with Gasteiger partial charge in [-0.1, -0.05) is 6.07 Å². The Balaban J connectivity index is 2.27. The number of nitrogens with zero attached hydrogens (tertiary/aromatic N) is 2. The molecule has 4 nitrogen and oxygen atoms in total. The molecule has 0 bridgehead atoms. The topological polar surface area (TPSA) is 51.4 Å². The maximum absolute atomic E-state index is 5.64. The van der Waals surface area contributed by atoms with E-state index in [4.69, 9.17) is 10.5 Å². The molecule has 0 saturated heterocycles. The van der Waals surface area contributed by atoms with Crippen LogP contribution in [0.2, 0.25) is 0 Å². The predicted molar refractivity (Wildman–Crippen MR) is 69.7 cm³/mol. The number of hydrogen-bond donors (Lipinski definition) is 1. The normalized spacial score (nSPS) is 12.9. The van der Waals surface area contributed by atoms with Crippen molar-refractivity contribution in [3.05, 3.63) is 30.1 Å². The highest BCUT2D eigenvalue weighted by Crippen LogP contribution is 2.03. The van der Waals surface area contributed by atoms with Gasteiger partial charge in [0.25, 0.3) is 0 Å². The number of rotatable bonds is 8. The van der Waals surface area contributed by atoms with Gasteiger partial charge < -0.3 is 15.4 Å². The van der Waals surface area contributed by atoms with Crippen LogP contribution in [0.3, 0.4) is 0 Å². The maximum Gasteiger partial charge on any atom is 0.0709 e. The second kappa shape index (κ2) is 8.17. The van der Waals surface area contributed by atoms with Gasteiger partial charge >= 0.3 is 0 Å². The second-order valence-electron chi connectivity index (χ2n) is 4.20. The van der Waals surface area contributed by atoms with Crippen LogP contribution in [0.5, 0.6) is 0 Å². The minimum Gasteiger partial charge on any atom is -0.377 e. The van der Waals surface area contributed by atoms with Gasteiger partial charge in [0.1, 0.15) is 0 Å². The van der Waals surface area contributed by atoms with Crippen LogP contribution >= 0.6 is 0 Å². The summed E-state index contributed by atoms with van der Waals surface area (Å²) in [5, 5.41) is 0. The SMILES string of the molecule is CCOC(CN)CCN(C)Cc1cccnc1. The molecule has 2 N–H and O–H groups in total. The monoisotopic (exact) mass is 237 g/mol. The van der Waals surface area contributed by atoms with Gasteiger partial charge in [0.2, 0.25) is 0 Å². The Bertz CT molecular complexity index is 292. The standard InChI is InChI=1S/C13H23N3O/c1-3-17-13(9-14)6-8-16(2)11-12-5-4-7-15-10-12/h4-5,7,10,13H,3,6,8-9,11,14H2,1-2H3. The van der Waals surface area contributed by atoms with Crippen LogP contribution in [0.15, 0.2) is 24.5 Å². The Morgan fingerprint density at radius 2 is 2.35 bits per heavy atom. The Kier molecular flexibility index (Phi) is 6.77. The molecule has 0 aromatic carbocycles. The third-order valence-corrected chi connectivity index (χ3v) is 2.67. The molecule has 0 spiro atoms. The van der Waals surface area contributed by atoms with E-state index in [0.29, 0.717) is 6.54 Å². The summed E-state index contributed by atoms with van der Waals surface area (Å²) in [7, 11) is 2.10. The van der Waals surface area contributed by atoms with Crippen molar-refractivity contribution < 1.29 is 4.74 Å². The number of aromatic nitrogens is 1. The van der Waals surface area contributed by atoms with Crippen molar-refractivity contribution in [3.8, 4) is 0 Å². The van der Waals surface area contributed by atoms with Gasteiger partial charge in [0.15, 0.2) is 0 Å². The van der Waals surface area contributed by atoms with Gasteiger partial charge in [-0.3, -0.25) is 4.98 Å². The van der Waals surface area contributed by atoms with E-state index >= 15 is 0 Å². The molecule has 1 unspecified atom stereocenters. The first-order valence-corrected chi connectivity index (χ1v) is 6.15. The molecule has 17 heavy (non-hydrogen) atoms. The van der Waals surface area contributed by atoms with Crippen LogP contribution in [-0.2, 0) is 11.3 Å². The van der Waals surface area contributed by atoms with Gasteiger partial charge in [-0.2, -0.15) is 0 Å². The van der Waals surface area contributed by atoms with Crippen LogP contribution in [0.1, 0.15) is 18.9 Å². The fourth-order valence-corrected chi connectivity index (χ4v) is 1.75. The van der Waals surface area contributed by atoms with Crippen molar-refractivity contribution >= 4 is 0 Å². The lowest BCUT2D eigenvalue weighted by molar-refractivity contribution is 0.0558. The zero-order valence-corrected chi connectivity index (χ0v) is 10.8. The largest absolute Gasteiger partial charge is 0.377 e. The zero-order chi connectivity index (χ0) is 12.5. The van der Waals surface area contributed by atoms with E-state index in [9.17, 15) is 0 Å². The molecule has 1 rings (SSSR count). The van der Waals surface area contributed by atoms with E-state index < -0.39 is 0 Å². The summed E-state index contributed by atoms with van der Waals surface area (Å²) in [5.74, 6) is 0. The van der Waals surface area contributed by atoms with Crippen LogP contribution < -0.4 is 5.73 Å². The van der Waals surface area contributed by atoms with Gasteiger partial charge in [0.05, 0.1) is 6.10 Å². The lowest BCUT2D eigenvalue weighted by atomic mass is 10.2. The van der Waals surface area contributed by atoms with Crippen LogP contribution in [0, 0.1) is 0 Å². The third-order valence-electron chi connectivity index (χ3n) is 2.67. The maximum atomic E-state index is 5.64. The molecular weight excluding hydrogens is 214 g/mol. The second-order valence-corrected chi connectivity index (χ2v) is 4.20. The first-order valence-electron chi connectivity index (χ1n) is 6.15. The molecule has 1 aromatic heterocycles. The summed E-state index contributed by atoms with van der Waals surface area (Å²) in [6.07, 6.45) is 4.85. The fraction of sp³-hybridized carbons (Fsp3) is 0.615. The zero-order valence-electron chi connectivity index (χ0n) is 10.8. The summed E-state index contributed by atoms with van der Waals surface area (Å²) >= 11 is 0. The van der Waals surface area contributed by atoms with Crippen molar-refractivity contribution in [3.63, 3.8) is 0 Å².